The molecule has 0 aliphatic heterocycles. The van der Waals surface area contributed by atoms with Crippen molar-refractivity contribution in [1.82, 2.24) is 0 Å². The summed E-state index contributed by atoms with van der Waals surface area (Å²) in [7, 11) is 0. The van der Waals surface area contributed by atoms with Gasteiger partial charge in [0.05, 0.1) is 5.56 Å². The first kappa shape index (κ1) is 10.8. The molecule has 0 saturated heterocycles. The maximum Gasteiger partial charge on any atom is 0.138 e. The van der Waals surface area contributed by atoms with E-state index in [0.29, 0.717) is 11.3 Å². The van der Waals surface area contributed by atoms with Crippen LogP contribution in [-0.2, 0) is 0 Å². The lowest BCUT2D eigenvalue weighted by molar-refractivity contribution is 0.469. The van der Waals surface area contributed by atoms with E-state index in [1.54, 1.807) is 6.07 Å². The first-order valence-corrected chi connectivity index (χ1v) is 5.63. The lowest BCUT2D eigenvalue weighted by Crippen LogP contribution is -1.81. The van der Waals surface area contributed by atoms with Crippen LogP contribution in [0.15, 0.2) is 46.9 Å². The summed E-state index contributed by atoms with van der Waals surface area (Å²) >= 11 is 0. The molecule has 18 heavy (non-hydrogen) atoms. The standard InChI is InChI=1S/C15H11FO2/c1-9-3-2-4-10-7-14(18-15(9)10)12-6-5-11(17)8-13(12)16/h2-8,17H,1H3. The fraction of sp³-hybridized carbons (Fsp3) is 0.0667. The minimum Gasteiger partial charge on any atom is -0.508 e. The highest BCUT2D eigenvalue weighted by molar-refractivity contribution is 5.85. The van der Waals surface area contributed by atoms with Crippen molar-refractivity contribution in [3.8, 4) is 17.1 Å². The number of phenolic OH excluding ortho intramolecular Hbond substituents is 1. The predicted octanol–water partition coefficient (Wildman–Crippen LogP) is 4.25. The molecule has 0 fully saturated rings. The number of para-hydroxylation sites is 1. The van der Waals surface area contributed by atoms with Crippen LogP contribution in [0.1, 0.15) is 5.56 Å². The van der Waals surface area contributed by atoms with Crippen molar-refractivity contribution in [3.63, 3.8) is 0 Å². The Kier molecular flexibility index (Phi) is 2.33. The Balaban J connectivity index is 2.23. The summed E-state index contributed by atoms with van der Waals surface area (Å²) in [6.45, 7) is 1.95. The van der Waals surface area contributed by atoms with Crippen molar-refractivity contribution in [1.29, 1.82) is 0 Å². The second-order valence-corrected chi connectivity index (χ2v) is 4.27. The van der Waals surface area contributed by atoms with Gasteiger partial charge in [-0.05, 0) is 30.7 Å². The molecule has 0 saturated carbocycles. The molecule has 90 valence electrons. The average Bonchev–Trinajstić information content (AvgIpc) is 2.74. The quantitative estimate of drug-likeness (QED) is 0.691. The number of hydrogen-bond donors (Lipinski definition) is 1. The van der Waals surface area contributed by atoms with Crippen molar-refractivity contribution in [3.05, 3.63) is 53.8 Å². The minimum absolute atomic E-state index is 0.0939. The van der Waals surface area contributed by atoms with Crippen LogP contribution in [-0.4, -0.2) is 5.11 Å². The van der Waals surface area contributed by atoms with E-state index in [0.717, 1.165) is 22.6 Å². The van der Waals surface area contributed by atoms with Gasteiger partial charge in [-0.25, -0.2) is 4.39 Å². The molecule has 3 rings (SSSR count). The summed E-state index contributed by atoms with van der Waals surface area (Å²) in [5.41, 5.74) is 2.13. The SMILES string of the molecule is Cc1cccc2cc(-c3ccc(O)cc3F)oc12. The molecule has 0 aliphatic rings. The number of halogens is 1. The third kappa shape index (κ3) is 1.64. The van der Waals surface area contributed by atoms with Gasteiger partial charge in [-0.1, -0.05) is 18.2 Å². The van der Waals surface area contributed by atoms with Crippen molar-refractivity contribution in [2.75, 3.05) is 0 Å². The van der Waals surface area contributed by atoms with E-state index in [1.807, 2.05) is 25.1 Å². The number of hydrogen-bond acceptors (Lipinski definition) is 2. The van der Waals surface area contributed by atoms with Crippen LogP contribution in [0.4, 0.5) is 4.39 Å². The zero-order chi connectivity index (χ0) is 12.7. The third-order valence-electron chi connectivity index (χ3n) is 2.96. The van der Waals surface area contributed by atoms with E-state index >= 15 is 0 Å². The summed E-state index contributed by atoms with van der Waals surface area (Å²) in [4.78, 5) is 0. The molecule has 3 aromatic rings. The molecule has 0 unspecified atom stereocenters. The van der Waals surface area contributed by atoms with Gasteiger partial charge in [-0.2, -0.15) is 0 Å². The zero-order valence-corrected chi connectivity index (χ0v) is 9.77. The van der Waals surface area contributed by atoms with Crippen molar-refractivity contribution >= 4 is 11.0 Å². The summed E-state index contributed by atoms with van der Waals surface area (Å²) < 4.78 is 19.4. The summed E-state index contributed by atoms with van der Waals surface area (Å²) in [6, 6.07) is 11.6. The molecule has 2 nitrogen and oxygen atoms in total. The van der Waals surface area contributed by atoms with Gasteiger partial charge in [0.2, 0.25) is 0 Å². The molecule has 0 bridgehead atoms. The highest BCUT2D eigenvalue weighted by Gasteiger charge is 2.12. The van der Waals surface area contributed by atoms with Gasteiger partial charge in [0.25, 0.3) is 0 Å². The Morgan fingerprint density at radius 1 is 1.11 bits per heavy atom. The first-order valence-electron chi connectivity index (χ1n) is 5.63. The highest BCUT2D eigenvalue weighted by atomic mass is 19.1. The number of aryl methyl sites for hydroxylation is 1. The van der Waals surface area contributed by atoms with E-state index in [1.165, 1.54) is 12.1 Å². The molecule has 1 heterocycles. The molecular weight excluding hydrogens is 231 g/mol. The molecule has 0 aliphatic carbocycles. The smallest absolute Gasteiger partial charge is 0.138 e. The summed E-state index contributed by atoms with van der Waals surface area (Å²) in [5.74, 6) is -0.118. The molecule has 0 radical (unpaired) electrons. The normalized spacial score (nSPS) is 11.0. The van der Waals surface area contributed by atoms with Crippen LogP contribution in [0.3, 0.4) is 0 Å². The number of aromatic hydroxyl groups is 1. The first-order chi connectivity index (χ1) is 8.65. The zero-order valence-electron chi connectivity index (χ0n) is 9.77. The maximum absolute atomic E-state index is 13.7. The lowest BCUT2D eigenvalue weighted by atomic mass is 10.1. The molecule has 3 heteroatoms. The number of benzene rings is 2. The van der Waals surface area contributed by atoms with Gasteiger partial charge < -0.3 is 9.52 Å². The monoisotopic (exact) mass is 242 g/mol. The highest BCUT2D eigenvalue weighted by Crippen LogP contribution is 2.32. The number of phenols is 1. The van der Waals surface area contributed by atoms with E-state index < -0.39 is 5.82 Å². The van der Waals surface area contributed by atoms with Gasteiger partial charge in [-0.15, -0.1) is 0 Å². The third-order valence-corrected chi connectivity index (χ3v) is 2.96. The van der Waals surface area contributed by atoms with Crippen molar-refractivity contribution in [2.45, 2.75) is 6.92 Å². The van der Waals surface area contributed by atoms with Gasteiger partial charge in [-0.3, -0.25) is 0 Å². The molecule has 1 N–H and O–H groups in total. The second kappa shape index (κ2) is 3.88. The summed E-state index contributed by atoms with van der Waals surface area (Å²) in [6.07, 6.45) is 0. The van der Waals surface area contributed by atoms with Crippen LogP contribution in [0, 0.1) is 12.7 Å². The number of fused-ring (bicyclic) bond motifs is 1. The largest absolute Gasteiger partial charge is 0.508 e. The fourth-order valence-electron chi connectivity index (χ4n) is 2.05. The fourth-order valence-corrected chi connectivity index (χ4v) is 2.05. The Morgan fingerprint density at radius 3 is 2.67 bits per heavy atom. The number of rotatable bonds is 1. The van der Waals surface area contributed by atoms with Crippen LogP contribution in [0.5, 0.6) is 5.75 Å². The Bertz CT molecular complexity index is 728. The van der Waals surface area contributed by atoms with Gasteiger partial charge in [0.15, 0.2) is 0 Å². The second-order valence-electron chi connectivity index (χ2n) is 4.27. The van der Waals surface area contributed by atoms with E-state index in [2.05, 4.69) is 0 Å². The minimum atomic E-state index is -0.494. The lowest BCUT2D eigenvalue weighted by Gasteiger charge is -1.99. The van der Waals surface area contributed by atoms with Crippen LogP contribution < -0.4 is 0 Å². The molecule has 2 aromatic carbocycles. The Morgan fingerprint density at radius 2 is 1.94 bits per heavy atom. The van der Waals surface area contributed by atoms with Crippen LogP contribution >= 0.6 is 0 Å². The topological polar surface area (TPSA) is 33.4 Å². The van der Waals surface area contributed by atoms with E-state index in [-0.39, 0.29) is 5.75 Å². The van der Waals surface area contributed by atoms with Crippen molar-refractivity contribution in [2.24, 2.45) is 0 Å². The maximum atomic E-state index is 13.7. The van der Waals surface area contributed by atoms with Gasteiger partial charge in [0.1, 0.15) is 22.9 Å². The molecule has 0 spiro atoms. The molecule has 0 atom stereocenters. The van der Waals surface area contributed by atoms with Gasteiger partial charge in [0, 0.05) is 11.5 Å². The van der Waals surface area contributed by atoms with Crippen LogP contribution in [0.2, 0.25) is 0 Å². The average molecular weight is 242 g/mol. The van der Waals surface area contributed by atoms with E-state index in [9.17, 15) is 9.50 Å². The molecular formula is C15H11FO2. The molecule has 0 amide bonds. The number of furan rings is 1. The summed E-state index contributed by atoms with van der Waals surface area (Å²) in [5, 5.41) is 10.1. The van der Waals surface area contributed by atoms with E-state index in [4.69, 9.17) is 4.42 Å². The Hall–Kier alpha value is -2.29. The van der Waals surface area contributed by atoms with Crippen molar-refractivity contribution < 1.29 is 13.9 Å². The Labute approximate surface area is 103 Å². The predicted molar refractivity (Wildman–Crippen MR) is 68.0 cm³/mol. The van der Waals surface area contributed by atoms with Crippen LogP contribution in [0.25, 0.3) is 22.3 Å². The molecule has 1 aromatic heterocycles. The van der Waals surface area contributed by atoms with Gasteiger partial charge >= 0.3 is 0 Å².